The minimum absolute atomic E-state index is 0.115. The van der Waals surface area contributed by atoms with E-state index in [0.717, 1.165) is 31.2 Å². The second kappa shape index (κ2) is 10.5. The van der Waals surface area contributed by atoms with Crippen molar-refractivity contribution in [3.63, 3.8) is 0 Å². The molecule has 8 heteroatoms. The highest BCUT2D eigenvalue weighted by molar-refractivity contribution is 6.30. The van der Waals surface area contributed by atoms with E-state index in [-0.39, 0.29) is 37.1 Å². The Morgan fingerprint density at radius 1 is 1.03 bits per heavy atom. The number of ether oxygens (including phenoxy) is 2. The van der Waals surface area contributed by atoms with Crippen molar-refractivity contribution in [2.45, 2.75) is 50.7 Å². The largest absolute Gasteiger partial charge is 0.454 e. The van der Waals surface area contributed by atoms with Crippen LogP contribution in [-0.2, 0) is 16.1 Å². The molecule has 1 atom stereocenters. The molecular weight excluding hydrogens is 451 g/mol. The lowest BCUT2D eigenvalue weighted by Crippen LogP contribution is -2.47. The summed E-state index contributed by atoms with van der Waals surface area (Å²) in [7, 11) is 0. The van der Waals surface area contributed by atoms with Crippen LogP contribution in [0.2, 0.25) is 5.02 Å². The van der Waals surface area contributed by atoms with E-state index in [4.69, 9.17) is 32.7 Å². The Kier molecular flexibility index (Phi) is 7.43. The standard InChI is InChI=1S/C24H26Cl2N2O4/c25-13-22(29)28(14-16-6-11-20-21(12-16)32-15-31-20)23(17-7-9-18(26)10-8-17)24(30)27-19-4-2-1-3-5-19/h6-12,19,23H,1-5,13-15H2,(H,27,30)/t23-/m0/s1. The molecule has 0 aromatic heterocycles. The van der Waals surface area contributed by atoms with Crippen LogP contribution in [0.3, 0.4) is 0 Å². The van der Waals surface area contributed by atoms with Gasteiger partial charge in [-0.3, -0.25) is 9.59 Å². The maximum Gasteiger partial charge on any atom is 0.247 e. The number of nitrogens with one attached hydrogen (secondary N) is 1. The maximum absolute atomic E-state index is 13.5. The minimum Gasteiger partial charge on any atom is -0.454 e. The third kappa shape index (κ3) is 5.30. The Hall–Kier alpha value is -2.44. The van der Waals surface area contributed by atoms with Crippen molar-refractivity contribution >= 4 is 35.0 Å². The van der Waals surface area contributed by atoms with Crippen LogP contribution >= 0.6 is 23.2 Å². The van der Waals surface area contributed by atoms with E-state index >= 15 is 0 Å². The van der Waals surface area contributed by atoms with Crippen molar-refractivity contribution in [1.29, 1.82) is 0 Å². The lowest BCUT2D eigenvalue weighted by atomic mass is 9.94. The van der Waals surface area contributed by atoms with Gasteiger partial charge in [-0.05, 0) is 48.2 Å². The average Bonchev–Trinajstić information content (AvgIpc) is 3.28. The van der Waals surface area contributed by atoms with Gasteiger partial charge in [-0.15, -0.1) is 11.6 Å². The van der Waals surface area contributed by atoms with E-state index in [1.165, 1.54) is 11.3 Å². The summed E-state index contributed by atoms with van der Waals surface area (Å²) in [5.74, 6) is 0.510. The molecule has 6 nitrogen and oxygen atoms in total. The second-order valence-corrected chi connectivity index (χ2v) is 8.84. The highest BCUT2D eigenvalue weighted by Gasteiger charge is 2.33. The fourth-order valence-corrected chi connectivity index (χ4v) is 4.56. The molecule has 1 fully saturated rings. The van der Waals surface area contributed by atoms with Crippen LogP contribution in [-0.4, -0.2) is 35.4 Å². The summed E-state index contributed by atoms with van der Waals surface area (Å²) in [5, 5.41) is 3.73. The maximum atomic E-state index is 13.5. The number of hydrogen-bond donors (Lipinski definition) is 1. The molecule has 1 aliphatic heterocycles. The zero-order chi connectivity index (χ0) is 22.5. The first-order valence-electron chi connectivity index (χ1n) is 10.8. The topological polar surface area (TPSA) is 67.9 Å². The second-order valence-electron chi connectivity index (χ2n) is 8.14. The summed E-state index contributed by atoms with van der Waals surface area (Å²) in [6, 6.07) is 11.8. The van der Waals surface area contributed by atoms with Crippen molar-refractivity contribution in [2.24, 2.45) is 0 Å². The van der Waals surface area contributed by atoms with E-state index in [1.807, 2.05) is 12.1 Å². The number of nitrogens with zero attached hydrogens (tertiary/aromatic N) is 1. The van der Waals surface area contributed by atoms with Crippen LogP contribution in [0.5, 0.6) is 11.5 Å². The summed E-state index contributed by atoms with van der Waals surface area (Å²) in [5.41, 5.74) is 1.50. The Balaban J connectivity index is 1.64. The monoisotopic (exact) mass is 476 g/mol. The predicted molar refractivity (Wildman–Crippen MR) is 123 cm³/mol. The number of carbonyl (C=O) groups excluding carboxylic acids is 2. The first kappa shape index (κ1) is 22.7. The van der Waals surface area contributed by atoms with Gasteiger partial charge in [0.15, 0.2) is 11.5 Å². The summed E-state index contributed by atoms with van der Waals surface area (Å²) in [6.07, 6.45) is 5.28. The van der Waals surface area contributed by atoms with Crippen LogP contribution in [0.1, 0.15) is 49.3 Å². The van der Waals surface area contributed by atoms with Gasteiger partial charge in [-0.1, -0.05) is 49.1 Å². The number of fused-ring (bicyclic) bond motifs is 1. The SMILES string of the molecule is O=C(NC1CCCCC1)[C@H](c1ccc(Cl)cc1)N(Cc1ccc2c(c1)OCO2)C(=O)CCl. The molecule has 2 aliphatic rings. The molecule has 32 heavy (non-hydrogen) atoms. The molecule has 0 radical (unpaired) electrons. The minimum atomic E-state index is -0.828. The van der Waals surface area contributed by atoms with Gasteiger partial charge in [0.1, 0.15) is 11.9 Å². The highest BCUT2D eigenvalue weighted by Crippen LogP contribution is 2.34. The Morgan fingerprint density at radius 2 is 1.75 bits per heavy atom. The third-order valence-electron chi connectivity index (χ3n) is 5.92. The van der Waals surface area contributed by atoms with Gasteiger partial charge >= 0.3 is 0 Å². The molecule has 170 valence electrons. The van der Waals surface area contributed by atoms with Crippen molar-refractivity contribution in [3.8, 4) is 11.5 Å². The Labute approximate surface area is 197 Å². The average molecular weight is 477 g/mol. The van der Waals surface area contributed by atoms with Gasteiger partial charge in [0.2, 0.25) is 18.6 Å². The van der Waals surface area contributed by atoms with E-state index in [2.05, 4.69) is 5.32 Å². The fourth-order valence-electron chi connectivity index (χ4n) is 4.28. The summed E-state index contributed by atoms with van der Waals surface area (Å²) in [6.45, 7) is 0.369. The summed E-state index contributed by atoms with van der Waals surface area (Å²) in [4.78, 5) is 28.0. The number of hydrogen-bond acceptors (Lipinski definition) is 4. The van der Waals surface area contributed by atoms with Gasteiger partial charge in [-0.25, -0.2) is 0 Å². The summed E-state index contributed by atoms with van der Waals surface area (Å²) < 4.78 is 10.8. The van der Waals surface area contributed by atoms with Gasteiger partial charge < -0.3 is 19.7 Å². The molecule has 4 rings (SSSR count). The number of carbonyl (C=O) groups is 2. The molecule has 2 aromatic carbocycles. The van der Waals surface area contributed by atoms with Crippen LogP contribution in [0, 0.1) is 0 Å². The highest BCUT2D eigenvalue weighted by atomic mass is 35.5. The van der Waals surface area contributed by atoms with Crippen molar-refractivity contribution in [1.82, 2.24) is 10.2 Å². The Bertz CT molecular complexity index is 961. The third-order valence-corrected chi connectivity index (χ3v) is 6.40. The molecule has 0 bridgehead atoms. The molecule has 2 amide bonds. The molecule has 1 saturated carbocycles. The van der Waals surface area contributed by atoms with Gasteiger partial charge in [0, 0.05) is 17.6 Å². The quantitative estimate of drug-likeness (QED) is 0.581. The van der Waals surface area contributed by atoms with E-state index in [0.29, 0.717) is 22.1 Å². The smallest absolute Gasteiger partial charge is 0.247 e. The normalized spacial score (nSPS) is 16.4. The molecule has 1 aliphatic carbocycles. The van der Waals surface area contributed by atoms with E-state index in [9.17, 15) is 9.59 Å². The van der Waals surface area contributed by atoms with Gasteiger partial charge in [0.25, 0.3) is 0 Å². The zero-order valence-corrected chi connectivity index (χ0v) is 19.2. The number of benzene rings is 2. The van der Waals surface area contributed by atoms with Crippen molar-refractivity contribution in [2.75, 3.05) is 12.7 Å². The fraction of sp³-hybridized carbons (Fsp3) is 0.417. The summed E-state index contributed by atoms with van der Waals surface area (Å²) >= 11 is 12.0. The van der Waals surface area contributed by atoms with Crippen molar-refractivity contribution in [3.05, 3.63) is 58.6 Å². The lowest BCUT2D eigenvalue weighted by molar-refractivity contribution is -0.140. The zero-order valence-electron chi connectivity index (χ0n) is 17.7. The van der Waals surface area contributed by atoms with Crippen LogP contribution in [0.15, 0.2) is 42.5 Å². The van der Waals surface area contributed by atoms with Crippen LogP contribution in [0.25, 0.3) is 0 Å². The molecular formula is C24H26Cl2N2O4. The number of halogens is 2. The molecule has 0 saturated heterocycles. The molecule has 0 unspecified atom stereocenters. The first-order valence-corrected chi connectivity index (χ1v) is 11.8. The first-order chi connectivity index (χ1) is 15.5. The number of rotatable bonds is 7. The van der Waals surface area contributed by atoms with Gasteiger partial charge in [0.05, 0.1) is 0 Å². The van der Waals surface area contributed by atoms with Crippen LogP contribution in [0.4, 0.5) is 0 Å². The lowest BCUT2D eigenvalue weighted by Gasteiger charge is -2.33. The molecule has 2 aromatic rings. The molecule has 0 spiro atoms. The van der Waals surface area contributed by atoms with E-state index < -0.39 is 6.04 Å². The molecule has 1 N–H and O–H groups in total. The Morgan fingerprint density at radius 3 is 2.47 bits per heavy atom. The predicted octanol–water partition coefficient (Wildman–Crippen LogP) is 4.83. The van der Waals surface area contributed by atoms with Crippen molar-refractivity contribution < 1.29 is 19.1 Å². The van der Waals surface area contributed by atoms with E-state index in [1.54, 1.807) is 30.3 Å². The number of alkyl halides is 1. The molecule has 1 heterocycles. The van der Waals surface area contributed by atoms with Crippen LogP contribution < -0.4 is 14.8 Å². The number of amides is 2. The van der Waals surface area contributed by atoms with Gasteiger partial charge in [-0.2, -0.15) is 0 Å².